The van der Waals surface area contributed by atoms with Crippen LogP contribution in [0.4, 0.5) is 0 Å². The van der Waals surface area contributed by atoms with Gasteiger partial charge in [-0.1, -0.05) is 23.4 Å². The number of fused-ring (bicyclic) bond motifs is 2. The second-order valence-corrected chi connectivity index (χ2v) is 6.85. The second kappa shape index (κ2) is 7.78. The van der Waals surface area contributed by atoms with Crippen LogP contribution in [0.2, 0.25) is 0 Å². The molecule has 0 atom stereocenters. The summed E-state index contributed by atoms with van der Waals surface area (Å²) in [5, 5.41) is 17.1. The Morgan fingerprint density at radius 2 is 1.87 bits per heavy atom. The number of carboxylic acids is 1. The Morgan fingerprint density at radius 3 is 2.57 bits per heavy atom. The maximum atomic E-state index is 13.2. The van der Waals surface area contributed by atoms with Crippen molar-refractivity contribution < 1.29 is 14.6 Å². The molecule has 30 heavy (non-hydrogen) atoms. The van der Waals surface area contributed by atoms with Crippen LogP contribution in [0.15, 0.2) is 52.1 Å². The molecule has 152 valence electrons. The summed E-state index contributed by atoms with van der Waals surface area (Å²) < 4.78 is 6.56. The van der Waals surface area contributed by atoms with E-state index >= 15 is 0 Å². The van der Waals surface area contributed by atoms with Crippen molar-refractivity contribution in [1.82, 2.24) is 20.0 Å². The molecule has 2 aromatic carbocycles. The maximum absolute atomic E-state index is 13.2. The van der Waals surface area contributed by atoms with Crippen molar-refractivity contribution in [3.8, 4) is 5.75 Å². The van der Waals surface area contributed by atoms with Crippen molar-refractivity contribution in [2.45, 2.75) is 19.4 Å². The highest BCUT2D eigenvalue weighted by Gasteiger charge is 2.14. The number of rotatable bonds is 6. The summed E-state index contributed by atoms with van der Waals surface area (Å²) in [5.74, 6) is -0.209. The summed E-state index contributed by atoms with van der Waals surface area (Å²) in [6, 6.07) is 12.2. The van der Waals surface area contributed by atoms with Gasteiger partial charge < -0.3 is 14.8 Å². The first-order chi connectivity index (χ1) is 14.5. The van der Waals surface area contributed by atoms with E-state index in [1.54, 1.807) is 37.4 Å². The minimum Gasteiger partial charge on any atom is -0.497 e. The fraction of sp³-hybridized carbons (Fsp3) is 0.190. The average molecular weight is 406 g/mol. The Hall–Kier alpha value is -4.01. The van der Waals surface area contributed by atoms with Crippen LogP contribution in [0.25, 0.3) is 21.9 Å². The van der Waals surface area contributed by atoms with Crippen molar-refractivity contribution in [1.29, 1.82) is 0 Å². The van der Waals surface area contributed by atoms with Crippen molar-refractivity contribution in [3.05, 3.63) is 74.2 Å². The van der Waals surface area contributed by atoms with Crippen LogP contribution in [0, 0.1) is 0 Å². The highest BCUT2D eigenvalue weighted by molar-refractivity contribution is 5.87. The molecule has 0 spiro atoms. The van der Waals surface area contributed by atoms with Gasteiger partial charge in [-0.3, -0.25) is 14.4 Å². The Morgan fingerprint density at radius 1 is 1.13 bits per heavy atom. The molecule has 9 heteroatoms. The number of carbonyl (C=O) groups is 1. The molecule has 2 aromatic heterocycles. The van der Waals surface area contributed by atoms with E-state index in [1.165, 1.54) is 4.68 Å². The van der Waals surface area contributed by atoms with Crippen molar-refractivity contribution >= 4 is 27.9 Å². The fourth-order valence-corrected chi connectivity index (χ4v) is 3.31. The predicted molar refractivity (Wildman–Crippen MR) is 110 cm³/mol. The number of aromatic nitrogens is 4. The molecule has 0 aliphatic heterocycles. The molecule has 2 N–H and O–H groups in total. The van der Waals surface area contributed by atoms with Gasteiger partial charge in [-0.15, -0.1) is 5.10 Å². The Bertz CT molecular complexity index is 1370. The molecular formula is C21H18N4O5. The lowest BCUT2D eigenvalue weighted by atomic mass is 10.1. The molecule has 0 aliphatic rings. The highest BCUT2D eigenvalue weighted by atomic mass is 16.5. The number of hydrogen-bond acceptors (Lipinski definition) is 6. The fourth-order valence-electron chi connectivity index (χ4n) is 3.31. The number of aliphatic carboxylic acids is 1. The third kappa shape index (κ3) is 3.64. The van der Waals surface area contributed by atoms with E-state index in [-0.39, 0.29) is 29.4 Å². The highest BCUT2D eigenvalue weighted by Crippen LogP contribution is 2.15. The molecule has 0 fully saturated rings. The number of aryl methyl sites for hydroxylation is 1. The van der Waals surface area contributed by atoms with E-state index in [9.17, 15) is 14.4 Å². The van der Waals surface area contributed by atoms with Crippen LogP contribution in [0.5, 0.6) is 5.75 Å². The van der Waals surface area contributed by atoms with Crippen LogP contribution in [-0.4, -0.2) is 38.2 Å². The first-order valence-electron chi connectivity index (χ1n) is 9.23. The number of nitrogens with zero attached hydrogens (tertiary/aromatic N) is 3. The lowest BCUT2D eigenvalue weighted by Gasteiger charge is -2.04. The summed E-state index contributed by atoms with van der Waals surface area (Å²) in [4.78, 5) is 39.4. The maximum Gasteiger partial charge on any atom is 0.303 e. The predicted octanol–water partition coefficient (Wildman–Crippen LogP) is 1.71. The van der Waals surface area contributed by atoms with Gasteiger partial charge in [0.15, 0.2) is 5.52 Å². The van der Waals surface area contributed by atoms with Gasteiger partial charge >= 0.3 is 5.97 Å². The van der Waals surface area contributed by atoms with E-state index in [0.717, 1.165) is 5.56 Å². The van der Waals surface area contributed by atoms with E-state index in [4.69, 9.17) is 9.84 Å². The normalized spacial score (nSPS) is 11.1. The monoisotopic (exact) mass is 406 g/mol. The Labute approximate surface area is 169 Å². The van der Waals surface area contributed by atoms with Crippen LogP contribution in [0.1, 0.15) is 17.5 Å². The van der Waals surface area contributed by atoms with Crippen LogP contribution in [0.3, 0.4) is 0 Å². The van der Waals surface area contributed by atoms with Crippen molar-refractivity contribution in [3.63, 3.8) is 0 Å². The molecule has 0 bridgehead atoms. The average Bonchev–Trinajstić information content (AvgIpc) is 3.12. The third-order valence-electron chi connectivity index (χ3n) is 4.86. The molecule has 0 radical (unpaired) electrons. The largest absolute Gasteiger partial charge is 0.497 e. The Balaban J connectivity index is 1.84. The van der Waals surface area contributed by atoms with E-state index in [2.05, 4.69) is 15.3 Å². The number of H-pyrrole nitrogens is 1. The first kappa shape index (κ1) is 19.3. The summed E-state index contributed by atoms with van der Waals surface area (Å²) in [7, 11) is 1.58. The quantitative estimate of drug-likeness (QED) is 0.499. The van der Waals surface area contributed by atoms with Gasteiger partial charge in [0.05, 0.1) is 19.2 Å². The number of hydrogen-bond donors (Lipinski definition) is 2. The number of methoxy groups -OCH3 is 1. The molecule has 9 nitrogen and oxygen atoms in total. The first-order valence-corrected chi connectivity index (χ1v) is 9.23. The number of ether oxygens (including phenoxy) is 1. The Kier molecular flexibility index (Phi) is 5.01. The number of carboxylic acid groups (broad SMARTS) is 1. The lowest BCUT2D eigenvalue weighted by Crippen LogP contribution is -2.10. The van der Waals surface area contributed by atoms with Gasteiger partial charge in [0.1, 0.15) is 11.3 Å². The molecule has 0 aliphatic carbocycles. The van der Waals surface area contributed by atoms with E-state index in [0.29, 0.717) is 28.6 Å². The molecule has 0 saturated carbocycles. The molecule has 0 unspecified atom stereocenters. The van der Waals surface area contributed by atoms with Gasteiger partial charge in [-0.25, -0.2) is 4.68 Å². The standard InChI is InChI=1S/C21H18N4O5/c1-30-14-6-2-13(3-7-14)11-25-19-18(23-24-25)21(29)22-16-10-12(5-9-17(26)27)4-8-15(16)20(19)28/h2-4,6-8,10H,5,9,11H2,1H3,(H,22,29)(H,26,27). The zero-order chi connectivity index (χ0) is 21.3. The zero-order valence-electron chi connectivity index (χ0n) is 16.1. The molecule has 4 rings (SSSR count). The van der Waals surface area contributed by atoms with Gasteiger partial charge in [0.2, 0.25) is 5.43 Å². The van der Waals surface area contributed by atoms with E-state index in [1.807, 2.05) is 12.1 Å². The van der Waals surface area contributed by atoms with Crippen LogP contribution < -0.4 is 15.7 Å². The van der Waals surface area contributed by atoms with E-state index < -0.39 is 11.5 Å². The lowest BCUT2D eigenvalue weighted by molar-refractivity contribution is -0.136. The third-order valence-corrected chi connectivity index (χ3v) is 4.86. The minimum absolute atomic E-state index is 0.0424. The minimum atomic E-state index is -0.916. The van der Waals surface area contributed by atoms with Crippen LogP contribution in [-0.2, 0) is 17.8 Å². The SMILES string of the molecule is COc1ccc(Cn2nnc3c(=O)[nH]c4cc(CCC(=O)O)ccc4c(=O)c32)cc1. The zero-order valence-corrected chi connectivity index (χ0v) is 16.1. The number of benzene rings is 2. The summed E-state index contributed by atoms with van der Waals surface area (Å²) in [6.07, 6.45) is 0.252. The van der Waals surface area contributed by atoms with Gasteiger partial charge in [0.25, 0.3) is 5.56 Å². The molecule has 0 amide bonds. The van der Waals surface area contributed by atoms with Gasteiger partial charge in [-0.05, 0) is 41.8 Å². The smallest absolute Gasteiger partial charge is 0.303 e. The molecule has 2 heterocycles. The van der Waals surface area contributed by atoms with Crippen molar-refractivity contribution in [2.75, 3.05) is 7.11 Å². The topological polar surface area (TPSA) is 127 Å². The number of aromatic amines is 1. The summed E-state index contributed by atoms with van der Waals surface area (Å²) in [5.41, 5.74) is 1.07. The molecule has 0 saturated heterocycles. The summed E-state index contributed by atoms with van der Waals surface area (Å²) in [6.45, 7) is 0.261. The van der Waals surface area contributed by atoms with Crippen molar-refractivity contribution in [2.24, 2.45) is 0 Å². The second-order valence-electron chi connectivity index (χ2n) is 6.85. The number of nitrogens with one attached hydrogen (secondary N) is 1. The molecule has 4 aromatic rings. The van der Waals surface area contributed by atoms with Crippen LogP contribution >= 0.6 is 0 Å². The summed E-state index contributed by atoms with van der Waals surface area (Å²) >= 11 is 0. The molecular weight excluding hydrogens is 388 g/mol. The van der Waals surface area contributed by atoms with Gasteiger partial charge in [-0.2, -0.15) is 0 Å². The van der Waals surface area contributed by atoms with Gasteiger partial charge in [0, 0.05) is 11.8 Å².